The molecule has 1 amide bonds. The standard InChI is InChI=1S/C14H17N3O/c18-14-9-13(11-5-4-8-15-10-11)16-17(14)12-6-2-1-3-7-12/h4-5,8,10,12H,1-3,6-7,9H2. The van der Waals surface area contributed by atoms with Gasteiger partial charge in [-0.2, -0.15) is 5.10 Å². The Hall–Kier alpha value is -1.71. The highest BCUT2D eigenvalue weighted by Crippen LogP contribution is 2.26. The number of hydrogen-bond acceptors (Lipinski definition) is 3. The van der Waals surface area contributed by atoms with Gasteiger partial charge in [0, 0.05) is 18.0 Å². The molecule has 1 aliphatic heterocycles. The van der Waals surface area contributed by atoms with Crippen LogP contribution in [0, 0.1) is 0 Å². The Bertz CT molecular complexity index is 463. The lowest BCUT2D eigenvalue weighted by molar-refractivity contribution is -0.131. The third-order valence-electron chi connectivity index (χ3n) is 3.72. The molecule has 0 radical (unpaired) electrons. The predicted molar refractivity (Wildman–Crippen MR) is 69.1 cm³/mol. The molecular formula is C14H17N3O. The zero-order chi connectivity index (χ0) is 12.4. The predicted octanol–water partition coefficient (Wildman–Crippen LogP) is 2.35. The van der Waals surface area contributed by atoms with E-state index >= 15 is 0 Å². The van der Waals surface area contributed by atoms with Crippen molar-refractivity contribution in [3.05, 3.63) is 30.1 Å². The molecule has 1 aliphatic carbocycles. The van der Waals surface area contributed by atoms with Gasteiger partial charge >= 0.3 is 0 Å². The van der Waals surface area contributed by atoms with Crippen LogP contribution in [0.5, 0.6) is 0 Å². The van der Waals surface area contributed by atoms with Crippen LogP contribution in [0.4, 0.5) is 0 Å². The summed E-state index contributed by atoms with van der Waals surface area (Å²) in [5.74, 6) is 0.140. The van der Waals surface area contributed by atoms with E-state index in [2.05, 4.69) is 10.1 Å². The monoisotopic (exact) mass is 243 g/mol. The van der Waals surface area contributed by atoms with Crippen molar-refractivity contribution in [2.45, 2.75) is 44.6 Å². The maximum Gasteiger partial charge on any atom is 0.249 e. The molecule has 2 heterocycles. The molecule has 0 spiro atoms. The lowest BCUT2D eigenvalue weighted by atomic mass is 9.95. The van der Waals surface area contributed by atoms with Gasteiger partial charge < -0.3 is 0 Å². The second-order valence-electron chi connectivity index (χ2n) is 5.00. The number of pyridine rings is 1. The van der Waals surface area contributed by atoms with Crippen LogP contribution >= 0.6 is 0 Å². The van der Waals surface area contributed by atoms with Crippen molar-refractivity contribution < 1.29 is 4.79 Å². The third kappa shape index (κ3) is 2.15. The molecule has 0 atom stereocenters. The second kappa shape index (κ2) is 4.88. The fraction of sp³-hybridized carbons (Fsp3) is 0.500. The first-order chi connectivity index (χ1) is 8.84. The normalized spacial score (nSPS) is 21.2. The Morgan fingerprint density at radius 2 is 2.06 bits per heavy atom. The SMILES string of the molecule is O=C1CC(c2cccnc2)=NN1C1CCCCC1. The van der Waals surface area contributed by atoms with Gasteiger partial charge in [-0.05, 0) is 25.0 Å². The van der Waals surface area contributed by atoms with Crippen LogP contribution in [0.15, 0.2) is 29.6 Å². The van der Waals surface area contributed by atoms with Gasteiger partial charge in [-0.25, -0.2) is 5.01 Å². The molecule has 3 rings (SSSR count). The van der Waals surface area contributed by atoms with Crippen molar-refractivity contribution in [2.75, 3.05) is 0 Å². The molecule has 2 aliphatic rings. The summed E-state index contributed by atoms with van der Waals surface area (Å²) in [5, 5.41) is 6.25. The van der Waals surface area contributed by atoms with Gasteiger partial charge in [0.15, 0.2) is 0 Å². The second-order valence-corrected chi connectivity index (χ2v) is 5.00. The molecule has 0 unspecified atom stereocenters. The van der Waals surface area contributed by atoms with E-state index in [0.29, 0.717) is 12.5 Å². The van der Waals surface area contributed by atoms with E-state index in [-0.39, 0.29) is 5.91 Å². The maximum atomic E-state index is 12.0. The number of hydrogen-bond donors (Lipinski definition) is 0. The molecule has 0 saturated heterocycles. The molecule has 4 nitrogen and oxygen atoms in total. The molecule has 0 aromatic carbocycles. The summed E-state index contributed by atoms with van der Waals surface area (Å²) in [6, 6.07) is 4.16. The van der Waals surface area contributed by atoms with Crippen molar-refractivity contribution >= 4 is 11.6 Å². The van der Waals surface area contributed by atoms with Crippen molar-refractivity contribution in [3.63, 3.8) is 0 Å². The number of carbonyl (C=O) groups is 1. The Labute approximate surface area is 107 Å². The van der Waals surface area contributed by atoms with Gasteiger partial charge in [0.05, 0.1) is 18.2 Å². The summed E-state index contributed by atoms with van der Waals surface area (Å²) in [6.45, 7) is 0. The fourth-order valence-electron chi connectivity index (χ4n) is 2.75. The molecule has 0 bridgehead atoms. The van der Waals surface area contributed by atoms with Gasteiger partial charge in [0.25, 0.3) is 0 Å². The molecule has 0 N–H and O–H groups in total. The summed E-state index contributed by atoms with van der Waals surface area (Å²) in [6.07, 6.45) is 9.83. The van der Waals surface area contributed by atoms with Gasteiger partial charge in [0.2, 0.25) is 5.91 Å². The number of nitrogens with zero attached hydrogens (tertiary/aromatic N) is 3. The first-order valence-corrected chi connectivity index (χ1v) is 6.64. The van der Waals surface area contributed by atoms with Gasteiger partial charge in [-0.3, -0.25) is 9.78 Å². The van der Waals surface area contributed by atoms with Crippen LogP contribution in [-0.2, 0) is 4.79 Å². The minimum Gasteiger partial charge on any atom is -0.273 e. The molecule has 94 valence electrons. The van der Waals surface area contributed by atoms with Gasteiger partial charge in [0.1, 0.15) is 0 Å². The van der Waals surface area contributed by atoms with Gasteiger partial charge in [-0.1, -0.05) is 19.3 Å². The Balaban J connectivity index is 1.80. The molecule has 18 heavy (non-hydrogen) atoms. The fourth-order valence-corrected chi connectivity index (χ4v) is 2.75. The first-order valence-electron chi connectivity index (χ1n) is 6.64. The topological polar surface area (TPSA) is 45.6 Å². The Morgan fingerprint density at radius 1 is 1.22 bits per heavy atom. The third-order valence-corrected chi connectivity index (χ3v) is 3.72. The highest BCUT2D eigenvalue weighted by molar-refractivity contribution is 6.13. The largest absolute Gasteiger partial charge is 0.273 e. The summed E-state index contributed by atoms with van der Waals surface area (Å²) < 4.78 is 0. The quantitative estimate of drug-likeness (QED) is 0.800. The van der Waals surface area contributed by atoms with Crippen molar-refractivity contribution in [1.29, 1.82) is 0 Å². The van der Waals surface area contributed by atoms with E-state index in [9.17, 15) is 4.79 Å². The van der Waals surface area contributed by atoms with Crippen LogP contribution in [0.2, 0.25) is 0 Å². The molecule has 1 saturated carbocycles. The van der Waals surface area contributed by atoms with Crippen molar-refractivity contribution in [2.24, 2.45) is 5.10 Å². The summed E-state index contributed by atoms with van der Waals surface area (Å²) in [5.41, 5.74) is 1.82. The van der Waals surface area contributed by atoms with Crippen LogP contribution in [0.1, 0.15) is 44.1 Å². The van der Waals surface area contributed by atoms with E-state index in [1.54, 1.807) is 17.4 Å². The number of hydrazone groups is 1. The van der Waals surface area contributed by atoms with E-state index in [0.717, 1.165) is 24.1 Å². The van der Waals surface area contributed by atoms with Crippen molar-refractivity contribution in [1.82, 2.24) is 9.99 Å². The molecular weight excluding hydrogens is 226 g/mol. The van der Waals surface area contributed by atoms with Crippen LogP contribution < -0.4 is 0 Å². The Morgan fingerprint density at radius 3 is 2.78 bits per heavy atom. The summed E-state index contributed by atoms with van der Waals surface area (Å²) in [7, 11) is 0. The highest BCUT2D eigenvalue weighted by atomic mass is 16.2. The zero-order valence-corrected chi connectivity index (χ0v) is 10.4. The zero-order valence-electron chi connectivity index (χ0n) is 10.4. The lowest BCUT2D eigenvalue weighted by Crippen LogP contribution is -2.34. The first kappa shape index (κ1) is 11.4. The van der Waals surface area contributed by atoms with Gasteiger partial charge in [-0.15, -0.1) is 0 Å². The van der Waals surface area contributed by atoms with E-state index < -0.39 is 0 Å². The number of aromatic nitrogens is 1. The smallest absolute Gasteiger partial charge is 0.249 e. The minimum absolute atomic E-state index is 0.140. The van der Waals surface area contributed by atoms with Crippen LogP contribution in [-0.4, -0.2) is 27.7 Å². The Kier molecular flexibility index (Phi) is 3.09. The van der Waals surface area contributed by atoms with Crippen LogP contribution in [0.3, 0.4) is 0 Å². The molecule has 1 aromatic rings. The maximum absolute atomic E-state index is 12.0. The molecule has 4 heteroatoms. The highest BCUT2D eigenvalue weighted by Gasteiger charge is 2.31. The lowest BCUT2D eigenvalue weighted by Gasteiger charge is -2.27. The molecule has 1 fully saturated rings. The van der Waals surface area contributed by atoms with E-state index in [1.165, 1.54) is 19.3 Å². The summed E-state index contributed by atoms with van der Waals surface area (Å²) >= 11 is 0. The number of amides is 1. The average molecular weight is 243 g/mol. The molecule has 1 aromatic heterocycles. The van der Waals surface area contributed by atoms with E-state index in [4.69, 9.17) is 0 Å². The average Bonchev–Trinajstić information content (AvgIpc) is 2.83. The van der Waals surface area contributed by atoms with Crippen LogP contribution in [0.25, 0.3) is 0 Å². The minimum atomic E-state index is 0.140. The number of carbonyl (C=O) groups excluding carboxylic acids is 1. The number of rotatable bonds is 2. The van der Waals surface area contributed by atoms with E-state index in [1.807, 2.05) is 12.1 Å². The summed E-state index contributed by atoms with van der Waals surface area (Å²) in [4.78, 5) is 16.1. The van der Waals surface area contributed by atoms with Crippen molar-refractivity contribution in [3.8, 4) is 0 Å².